The van der Waals surface area contributed by atoms with Crippen LogP contribution in [0.5, 0.6) is 5.75 Å². The summed E-state index contributed by atoms with van der Waals surface area (Å²) in [6.45, 7) is -0.477. The van der Waals surface area contributed by atoms with Crippen molar-refractivity contribution in [2.45, 2.75) is 89.1 Å². The van der Waals surface area contributed by atoms with Crippen molar-refractivity contribution < 1.29 is 38.1 Å². The third-order valence-corrected chi connectivity index (χ3v) is 12.5. The average Bonchev–Trinajstić information content (AvgIpc) is 3.33. The molecule has 0 N–H and O–H groups in total. The molecular formula is C55H52O8. The summed E-state index contributed by atoms with van der Waals surface area (Å²) in [5.41, 5.74) is 3.64. The zero-order valence-electron chi connectivity index (χ0n) is 35.5. The third-order valence-electron chi connectivity index (χ3n) is 12.5. The quantitative estimate of drug-likeness (QED) is 0.0511. The summed E-state index contributed by atoms with van der Waals surface area (Å²) >= 11 is 0. The molecule has 0 atom stereocenters. The van der Waals surface area contributed by atoms with E-state index in [1.165, 1.54) is 38.2 Å². The minimum absolute atomic E-state index is 0.318. The van der Waals surface area contributed by atoms with Gasteiger partial charge >= 0.3 is 23.9 Å². The van der Waals surface area contributed by atoms with Crippen molar-refractivity contribution in [3.63, 3.8) is 0 Å². The molecular weight excluding hydrogens is 789 g/mol. The lowest BCUT2D eigenvalue weighted by Gasteiger charge is -2.40. The minimum atomic E-state index is -0.925. The Morgan fingerprint density at radius 3 is 1.76 bits per heavy atom. The molecule has 0 unspecified atom stereocenters. The molecule has 0 aromatic heterocycles. The van der Waals surface area contributed by atoms with Crippen LogP contribution in [-0.2, 0) is 28.6 Å². The van der Waals surface area contributed by atoms with Crippen molar-refractivity contribution in [2.24, 2.45) is 23.7 Å². The van der Waals surface area contributed by atoms with Crippen LogP contribution in [-0.4, -0.2) is 36.3 Å². The molecule has 7 rings (SSSR count). The lowest BCUT2D eigenvalue weighted by atomic mass is 9.69. The molecule has 0 aliphatic heterocycles. The fraction of sp³-hybridized carbons (Fsp3) is 0.345. The van der Waals surface area contributed by atoms with Crippen LogP contribution < -0.4 is 4.74 Å². The predicted octanol–water partition coefficient (Wildman–Crippen LogP) is 10.3. The Kier molecular flexibility index (Phi) is 15.3. The van der Waals surface area contributed by atoms with Gasteiger partial charge < -0.3 is 18.9 Å². The molecule has 4 aromatic rings. The molecule has 8 nitrogen and oxygen atoms in total. The van der Waals surface area contributed by atoms with E-state index in [2.05, 4.69) is 29.6 Å². The Morgan fingerprint density at radius 2 is 1.16 bits per heavy atom. The van der Waals surface area contributed by atoms with Crippen LogP contribution in [0.3, 0.4) is 0 Å². The van der Waals surface area contributed by atoms with Crippen LogP contribution in [0, 0.1) is 59.7 Å². The number of ether oxygens (including phenoxy) is 4. The molecule has 320 valence electrons. The van der Waals surface area contributed by atoms with Gasteiger partial charge in [0.25, 0.3) is 0 Å². The molecule has 3 saturated carbocycles. The third kappa shape index (κ3) is 12.9. The topological polar surface area (TPSA) is 105 Å². The standard InChI is InChI=1S/C55H52O8/c1-2-40-13-15-42(16-14-40)17-18-43-19-21-44(22-20-43)33-36-55(37-34-46(35-38-55)45-11-7-4-8-12-45)63-54(59)49-28-30-50(31-29-49)62-53(58)48-26-24-47(25-27-48)52(57)61-39-60-51(56)32-23-41-9-5-3-6-10-41/h1,3,5-6,9-10,13-16,19-23,28-32,45-48H,4,7-8,11-12,24-27,34-35,37-39H2/b32-23+. The average molecular weight is 841 g/mol. The molecule has 0 radical (unpaired) electrons. The maximum atomic E-state index is 13.7. The summed E-state index contributed by atoms with van der Waals surface area (Å²) in [6, 6.07) is 31.0. The molecule has 3 fully saturated rings. The number of carbonyl (C=O) groups is 4. The second-order valence-corrected chi connectivity index (χ2v) is 16.7. The molecule has 0 bridgehead atoms. The van der Waals surface area contributed by atoms with E-state index in [9.17, 15) is 19.2 Å². The molecule has 3 aliphatic rings. The first kappa shape index (κ1) is 44.2. The molecule has 63 heavy (non-hydrogen) atoms. The highest BCUT2D eigenvalue weighted by molar-refractivity contribution is 5.90. The summed E-state index contributed by atoms with van der Waals surface area (Å²) in [5.74, 6) is 14.6. The van der Waals surface area contributed by atoms with Gasteiger partial charge in [0.15, 0.2) is 5.60 Å². The number of hydrogen-bond acceptors (Lipinski definition) is 8. The molecule has 0 spiro atoms. The molecule has 8 heteroatoms. The Bertz CT molecular complexity index is 2400. The highest BCUT2D eigenvalue weighted by Gasteiger charge is 2.40. The summed E-state index contributed by atoms with van der Waals surface area (Å²) in [6.07, 6.45) is 19.9. The van der Waals surface area contributed by atoms with Gasteiger partial charge in [-0.05, 0) is 154 Å². The summed E-state index contributed by atoms with van der Waals surface area (Å²) in [4.78, 5) is 51.5. The summed E-state index contributed by atoms with van der Waals surface area (Å²) in [7, 11) is 0. The number of carbonyl (C=O) groups excluding carboxylic acids is 4. The van der Waals surface area contributed by atoms with E-state index >= 15 is 0 Å². The largest absolute Gasteiger partial charge is 0.442 e. The van der Waals surface area contributed by atoms with Crippen LogP contribution in [0.4, 0.5) is 0 Å². The zero-order valence-corrected chi connectivity index (χ0v) is 35.5. The monoisotopic (exact) mass is 840 g/mol. The zero-order chi connectivity index (χ0) is 43.9. The van der Waals surface area contributed by atoms with Gasteiger partial charge in [-0.15, -0.1) is 6.42 Å². The van der Waals surface area contributed by atoms with Crippen molar-refractivity contribution in [3.8, 4) is 41.8 Å². The van der Waals surface area contributed by atoms with E-state index in [1.54, 1.807) is 30.3 Å². The first-order valence-corrected chi connectivity index (χ1v) is 22.1. The number of esters is 4. The Morgan fingerprint density at radius 1 is 0.603 bits per heavy atom. The van der Waals surface area contributed by atoms with Gasteiger partial charge in [0.2, 0.25) is 6.79 Å². The number of rotatable bonds is 10. The van der Waals surface area contributed by atoms with E-state index in [0.29, 0.717) is 55.8 Å². The Balaban J connectivity index is 0.909. The molecule has 3 aliphatic carbocycles. The highest BCUT2D eigenvalue weighted by atomic mass is 16.7. The first-order valence-electron chi connectivity index (χ1n) is 22.1. The van der Waals surface area contributed by atoms with Crippen molar-refractivity contribution in [1.29, 1.82) is 0 Å². The summed E-state index contributed by atoms with van der Waals surface area (Å²) in [5, 5.41) is 0. The highest BCUT2D eigenvalue weighted by Crippen LogP contribution is 2.43. The predicted molar refractivity (Wildman–Crippen MR) is 240 cm³/mol. The van der Waals surface area contributed by atoms with Gasteiger partial charge in [0.1, 0.15) is 5.75 Å². The number of hydrogen-bond donors (Lipinski definition) is 0. The van der Waals surface area contributed by atoms with Crippen molar-refractivity contribution in [2.75, 3.05) is 6.79 Å². The lowest BCUT2D eigenvalue weighted by molar-refractivity contribution is -0.169. The van der Waals surface area contributed by atoms with Gasteiger partial charge in [-0.3, -0.25) is 9.59 Å². The minimum Gasteiger partial charge on any atom is -0.442 e. The molecule has 0 saturated heterocycles. The first-order chi connectivity index (χ1) is 30.7. The second kappa shape index (κ2) is 21.8. The van der Waals surface area contributed by atoms with E-state index < -0.39 is 42.2 Å². The van der Waals surface area contributed by atoms with Crippen LogP contribution in [0.25, 0.3) is 6.08 Å². The van der Waals surface area contributed by atoms with Gasteiger partial charge in [-0.2, -0.15) is 0 Å². The molecule has 0 amide bonds. The normalized spacial score (nSPS) is 21.0. The molecule has 4 aromatic carbocycles. The molecule has 0 heterocycles. The Labute approximate surface area is 370 Å². The number of terminal acetylenes is 1. The van der Waals surface area contributed by atoms with Crippen LogP contribution in [0.15, 0.2) is 109 Å². The second-order valence-electron chi connectivity index (χ2n) is 16.7. The maximum absolute atomic E-state index is 13.7. The van der Waals surface area contributed by atoms with Crippen molar-refractivity contribution >= 4 is 30.0 Å². The van der Waals surface area contributed by atoms with E-state index in [4.69, 9.17) is 25.4 Å². The SMILES string of the molecule is C#Cc1ccc(C#Cc2ccc(C#CC3(OC(=O)c4ccc(OC(=O)C5CCC(C(=O)OCOC(=O)/C=C/c6ccccc6)CC5)cc4)CCC(C4CCCCC4)CC3)cc2)cc1. The van der Waals surface area contributed by atoms with Crippen molar-refractivity contribution in [1.82, 2.24) is 0 Å². The van der Waals surface area contributed by atoms with Gasteiger partial charge in [0, 0.05) is 28.3 Å². The lowest BCUT2D eigenvalue weighted by Crippen LogP contribution is -2.39. The van der Waals surface area contributed by atoms with Gasteiger partial charge in [-0.1, -0.05) is 86.1 Å². The Hall–Kier alpha value is -6.82. The smallest absolute Gasteiger partial charge is 0.339 e. The van der Waals surface area contributed by atoms with Crippen LogP contribution in [0.2, 0.25) is 0 Å². The van der Waals surface area contributed by atoms with Gasteiger partial charge in [0.05, 0.1) is 17.4 Å². The van der Waals surface area contributed by atoms with E-state index in [0.717, 1.165) is 46.6 Å². The van der Waals surface area contributed by atoms with Crippen LogP contribution in [0.1, 0.15) is 122 Å². The maximum Gasteiger partial charge on any atom is 0.339 e. The van der Waals surface area contributed by atoms with Crippen LogP contribution >= 0.6 is 0 Å². The van der Waals surface area contributed by atoms with Gasteiger partial charge in [-0.25, -0.2) is 9.59 Å². The van der Waals surface area contributed by atoms with Crippen molar-refractivity contribution in [3.05, 3.63) is 143 Å². The van der Waals surface area contributed by atoms with E-state index in [-0.39, 0.29) is 5.92 Å². The number of benzene rings is 4. The fourth-order valence-corrected chi connectivity index (χ4v) is 8.75. The fourth-order valence-electron chi connectivity index (χ4n) is 8.75. The summed E-state index contributed by atoms with van der Waals surface area (Å²) < 4.78 is 22.2. The van der Waals surface area contributed by atoms with E-state index in [1.807, 2.05) is 78.9 Å².